The third-order valence-electron chi connectivity index (χ3n) is 2.98. The molecule has 0 fully saturated rings. The van der Waals surface area contributed by atoms with Crippen molar-refractivity contribution in [3.63, 3.8) is 0 Å². The molecule has 0 bridgehead atoms. The first-order valence-electron chi connectivity index (χ1n) is 5.95. The molecular weight excluding hydrogens is 287 g/mol. The molecule has 17 heavy (non-hydrogen) atoms. The summed E-state index contributed by atoms with van der Waals surface area (Å²) in [5, 5.41) is 1.26. The Hall–Kier alpha value is -0.782. The molecular formula is C15H17AsS. The Morgan fingerprint density at radius 3 is 1.71 bits per heavy atom. The van der Waals surface area contributed by atoms with Crippen molar-refractivity contribution in [1.82, 2.24) is 0 Å². The summed E-state index contributed by atoms with van der Waals surface area (Å²) in [6.07, 6.45) is 1.21. The van der Waals surface area contributed by atoms with E-state index in [2.05, 4.69) is 60.7 Å². The molecule has 0 aliphatic carbocycles. The Kier molecular flexibility index (Phi) is 5.09. The summed E-state index contributed by atoms with van der Waals surface area (Å²) in [4.78, 5) is 0. The van der Waals surface area contributed by atoms with E-state index in [1.807, 2.05) is 0 Å². The van der Waals surface area contributed by atoms with Crippen LogP contribution in [0.15, 0.2) is 60.7 Å². The first-order valence-corrected chi connectivity index (χ1v) is 11.1. The molecule has 0 aromatic heterocycles. The van der Waals surface area contributed by atoms with Crippen molar-refractivity contribution in [2.45, 2.75) is 17.5 Å². The molecule has 1 atom stereocenters. The zero-order valence-corrected chi connectivity index (χ0v) is 13.0. The monoisotopic (exact) mass is 304 g/mol. The molecule has 1 unspecified atom stereocenters. The van der Waals surface area contributed by atoms with E-state index in [-0.39, 0.29) is 0 Å². The van der Waals surface area contributed by atoms with Crippen molar-refractivity contribution in [2.75, 3.05) is 0 Å². The first-order chi connectivity index (χ1) is 8.42. The second-order valence-electron chi connectivity index (χ2n) is 4.12. The van der Waals surface area contributed by atoms with Gasteiger partial charge in [0.2, 0.25) is 0 Å². The molecule has 0 heterocycles. The molecule has 0 saturated heterocycles. The van der Waals surface area contributed by atoms with Crippen LogP contribution in [-0.2, 0) is 0 Å². The van der Waals surface area contributed by atoms with Gasteiger partial charge in [0.25, 0.3) is 0 Å². The van der Waals surface area contributed by atoms with E-state index in [0.717, 1.165) is 0 Å². The topological polar surface area (TPSA) is 0 Å². The maximum absolute atomic E-state index is 5.23. The van der Waals surface area contributed by atoms with Gasteiger partial charge in [-0.1, -0.05) is 0 Å². The molecule has 0 saturated carbocycles. The zero-order chi connectivity index (χ0) is 11.9. The Balaban J connectivity index is 2.29. The van der Waals surface area contributed by atoms with Crippen LogP contribution in [0, 0.1) is 0 Å². The van der Waals surface area contributed by atoms with Gasteiger partial charge >= 0.3 is 114 Å². The molecule has 2 aromatic carbocycles. The number of rotatable bonds is 5. The molecule has 2 aromatic rings. The summed E-state index contributed by atoms with van der Waals surface area (Å²) in [7, 11) is 5.23. The molecule has 2 rings (SSSR count). The van der Waals surface area contributed by atoms with Crippen LogP contribution in [-0.4, -0.2) is 14.1 Å². The van der Waals surface area contributed by atoms with Crippen molar-refractivity contribution in [3.05, 3.63) is 71.8 Å². The van der Waals surface area contributed by atoms with Gasteiger partial charge in [-0.2, -0.15) is 0 Å². The van der Waals surface area contributed by atoms with Gasteiger partial charge in [0, 0.05) is 0 Å². The molecule has 0 aliphatic heterocycles. The standard InChI is InChI=1S/C15H17AsS/c17-16-12-11-15(13-7-3-1-4-8-13)14-9-5-2-6-10-14/h1-10,15H,11-12,16H2. The Morgan fingerprint density at radius 2 is 1.29 bits per heavy atom. The van der Waals surface area contributed by atoms with Gasteiger partial charge in [-0.05, 0) is 0 Å². The SMILES string of the molecule is S=[AsH2]CCC(c1ccccc1)c1ccccc1. The van der Waals surface area contributed by atoms with E-state index < -0.39 is 14.1 Å². The van der Waals surface area contributed by atoms with E-state index >= 15 is 0 Å². The normalized spacial score (nSPS) is 11.4. The molecule has 0 amide bonds. The van der Waals surface area contributed by atoms with Crippen LogP contribution in [0.5, 0.6) is 0 Å². The van der Waals surface area contributed by atoms with Gasteiger partial charge < -0.3 is 0 Å². The van der Waals surface area contributed by atoms with E-state index in [1.165, 1.54) is 22.8 Å². The zero-order valence-electron chi connectivity index (χ0n) is 9.75. The van der Waals surface area contributed by atoms with Crippen molar-refractivity contribution < 1.29 is 0 Å². The van der Waals surface area contributed by atoms with Crippen LogP contribution in [0.4, 0.5) is 0 Å². The molecule has 0 aliphatic rings. The van der Waals surface area contributed by atoms with E-state index in [0.29, 0.717) is 5.92 Å². The summed E-state index contributed by atoms with van der Waals surface area (Å²) < 4.78 is 0. The predicted molar refractivity (Wildman–Crippen MR) is 80.3 cm³/mol. The summed E-state index contributed by atoms with van der Waals surface area (Å²) in [5.41, 5.74) is 2.83. The van der Waals surface area contributed by atoms with Gasteiger partial charge in [-0.25, -0.2) is 0 Å². The van der Waals surface area contributed by atoms with E-state index in [1.54, 1.807) is 0 Å². The van der Waals surface area contributed by atoms with Crippen LogP contribution in [0.25, 0.3) is 0 Å². The van der Waals surface area contributed by atoms with Gasteiger partial charge in [-0.3, -0.25) is 0 Å². The fourth-order valence-corrected chi connectivity index (χ4v) is 3.82. The van der Waals surface area contributed by atoms with Crippen LogP contribution >= 0.6 is 10.4 Å². The quantitative estimate of drug-likeness (QED) is 0.755. The van der Waals surface area contributed by atoms with Crippen molar-refractivity contribution >= 4 is 24.5 Å². The molecule has 88 valence electrons. The van der Waals surface area contributed by atoms with Crippen molar-refractivity contribution in [2.24, 2.45) is 0 Å². The molecule has 0 N–H and O–H groups in total. The fourth-order valence-electron chi connectivity index (χ4n) is 2.13. The van der Waals surface area contributed by atoms with Crippen LogP contribution in [0.3, 0.4) is 0 Å². The van der Waals surface area contributed by atoms with E-state index in [9.17, 15) is 0 Å². The number of benzene rings is 2. The van der Waals surface area contributed by atoms with Crippen molar-refractivity contribution in [3.8, 4) is 0 Å². The average Bonchev–Trinajstić information content (AvgIpc) is 2.42. The molecule has 0 spiro atoms. The van der Waals surface area contributed by atoms with Gasteiger partial charge in [0.1, 0.15) is 0 Å². The third kappa shape index (κ3) is 3.59. The molecule has 0 radical (unpaired) electrons. The second kappa shape index (κ2) is 6.83. The Morgan fingerprint density at radius 1 is 0.824 bits per heavy atom. The van der Waals surface area contributed by atoms with Gasteiger partial charge in [0.05, 0.1) is 0 Å². The first kappa shape index (κ1) is 12.7. The Labute approximate surface area is 114 Å². The fraction of sp³-hybridized carbons (Fsp3) is 0.200. The maximum atomic E-state index is 5.23. The Bertz CT molecular complexity index is 413. The number of hydrogen-bond acceptors (Lipinski definition) is 1. The van der Waals surface area contributed by atoms with Gasteiger partial charge in [0.15, 0.2) is 0 Å². The van der Waals surface area contributed by atoms with Crippen LogP contribution < -0.4 is 0 Å². The molecule has 2 heteroatoms. The van der Waals surface area contributed by atoms with E-state index in [4.69, 9.17) is 10.4 Å². The second-order valence-corrected chi connectivity index (χ2v) is 7.76. The minimum absolute atomic E-state index is 0.393. The third-order valence-corrected chi connectivity index (χ3v) is 5.40. The van der Waals surface area contributed by atoms with Crippen LogP contribution in [0.2, 0.25) is 5.21 Å². The summed E-state index contributed by atoms with van der Waals surface area (Å²) in [6.45, 7) is 0. The summed E-state index contributed by atoms with van der Waals surface area (Å²) in [6, 6.07) is 21.6. The number of hydrogen-bond donors (Lipinski definition) is 0. The minimum atomic E-state index is -0.393. The van der Waals surface area contributed by atoms with Crippen LogP contribution in [0.1, 0.15) is 23.5 Å². The molecule has 0 nitrogen and oxygen atoms in total. The average molecular weight is 304 g/mol. The predicted octanol–water partition coefficient (Wildman–Crippen LogP) is 3.91. The summed E-state index contributed by atoms with van der Waals surface area (Å²) in [5.74, 6) is 0.525. The van der Waals surface area contributed by atoms with Gasteiger partial charge in [-0.15, -0.1) is 0 Å². The van der Waals surface area contributed by atoms with Crippen molar-refractivity contribution in [1.29, 1.82) is 0 Å². The summed E-state index contributed by atoms with van der Waals surface area (Å²) >= 11 is -0.393.